The van der Waals surface area contributed by atoms with Gasteiger partial charge < -0.3 is 0 Å². The van der Waals surface area contributed by atoms with Crippen LogP contribution >= 0.6 is 0 Å². The highest BCUT2D eigenvalue weighted by atomic mass is 14.2. The molecule has 1 rings (SSSR count). The van der Waals surface area contributed by atoms with Gasteiger partial charge in [0.15, 0.2) is 0 Å². The van der Waals surface area contributed by atoms with Crippen LogP contribution in [0.15, 0.2) is 18.4 Å². The van der Waals surface area contributed by atoms with E-state index in [0.717, 1.165) is 11.8 Å². The van der Waals surface area contributed by atoms with Gasteiger partial charge in [-0.2, -0.15) is 0 Å². The highest BCUT2D eigenvalue weighted by Gasteiger charge is 2.11. The van der Waals surface area contributed by atoms with Crippen LogP contribution in [0.3, 0.4) is 0 Å². The topological polar surface area (TPSA) is 0 Å². The summed E-state index contributed by atoms with van der Waals surface area (Å²) in [5, 5.41) is 0. The molecule has 0 aromatic carbocycles. The van der Waals surface area contributed by atoms with Crippen molar-refractivity contribution in [2.24, 2.45) is 11.8 Å². The molecule has 0 saturated heterocycles. The molecule has 0 amide bonds. The van der Waals surface area contributed by atoms with Crippen molar-refractivity contribution in [2.75, 3.05) is 0 Å². The first-order valence-electron chi connectivity index (χ1n) is 8.69. The van der Waals surface area contributed by atoms with E-state index in [0.29, 0.717) is 0 Å². The second-order valence-electron chi connectivity index (χ2n) is 6.58. The molecule has 0 aromatic rings. The summed E-state index contributed by atoms with van der Waals surface area (Å²) in [6.45, 7) is 6.20. The Labute approximate surface area is 121 Å². The van der Waals surface area contributed by atoms with Gasteiger partial charge in [0.1, 0.15) is 0 Å². The molecule has 0 radical (unpaired) electrons. The summed E-state index contributed by atoms with van der Waals surface area (Å²) in [7, 11) is 0. The second-order valence-corrected chi connectivity index (χ2v) is 6.58. The third-order valence-corrected chi connectivity index (χ3v) is 4.58. The van der Waals surface area contributed by atoms with Crippen molar-refractivity contribution in [1.29, 1.82) is 0 Å². The molecule has 0 aliphatic heterocycles. The lowest BCUT2D eigenvalue weighted by atomic mass is 9.88. The van der Waals surface area contributed by atoms with Gasteiger partial charge in [0.25, 0.3) is 0 Å². The molecule has 0 nitrogen and oxygen atoms in total. The van der Waals surface area contributed by atoms with Crippen molar-refractivity contribution in [3.8, 4) is 0 Å². The van der Waals surface area contributed by atoms with Crippen LogP contribution in [0.2, 0.25) is 0 Å². The summed E-state index contributed by atoms with van der Waals surface area (Å²) in [5.74, 6) is 1.61. The van der Waals surface area contributed by atoms with Crippen molar-refractivity contribution in [3.05, 3.63) is 18.4 Å². The van der Waals surface area contributed by atoms with Gasteiger partial charge in [-0.25, -0.2) is 0 Å². The molecule has 0 heterocycles. The Balaban J connectivity index is 2.37. The van der Waals surface area contributed by atoms with E-state index in [2.05, 4.69) is 25.3 Å². The zero-order chi connectivity index (χ0) is 13.8. The molecule has 1 fully saturated rings. The molecule has 2 atom stereocenters. The van der Waals surface area contributed by atoms with Crippen LogP contribution in [0.5, 0.6) is 0 Å². The van der Waals surface area contributed by atoms with Gasteiger partial charge in [-0.05, 0) is 30.8 Å². The standard InChI is InChI=1S/C19H34/c1-3-14-19-16-13-11-9-7-5-4-6-8-10-12-15-18(2)17-19/h14,18-19H,1,4-13,15-17H2,2H3. The maximum absolute atomic E-state index is 3.77. The minimum atomic E-state index is 0.734. The van der Waals surface area contributed by atoms with Crippen LogP contribution in [0.4, 0.5) is 0 Å². The van der Waals surface area contributed by atoms with E-state index in [9.17, 15) is 0 Å². The molecule has 0 aromatic heterocycles. The van der Waals surface area contributed by atoms with Crippen molar-refractivity contribution in [1.82, 2.24) is 0 Å². The normalized spacial score (nSPS) is 28.7. The number of hydrogen-bond acceptors (Lipinski definition) is 0. The van der Waals surface area contributed by atoms with E-state index in [1.54, 1.807) is 0 Å². The maximum atomic E-state index is 3.77. The first-order chi connectivity index (χ1) is 9.33. The Kier molecular flexibility index (Phi) is 9.91. The third-order valence-electron chi connectivity index (χ3n) is 4.58. The smallest absolute Gasteiger partial charge is 0.0155 e. The van der Waals surface area contributed by atoms with Crippen molar-refractivity contribution >= 4 is 0 Å². The van der Waals surface area contributed by atoms with Gasteiger partial charge in [-0.1, -0.05) is 84.1 Å². The van der Waals surface area contributed by atoms with Crippen LogP contribution in [-0.2, 0) is 0 Å². The molecule has 0 N–H and O–H groups in total. The van der Waals surface area contributed by atoms with Gasteiger partial charge in [0, 0.05) is 0 Å². The predicted molar refractivity (Wildman–Crippen MR) is 86.4 cm³/mol. The van der Waals surface area contributed by atoms with Crippen LogP contribution < -0.4 is 0 Å². The number of hydrogen-bond donors (Lipinski definition) is 0. The van der Waals surface area contributed by atoms with Crippen molar-refractivity contribution < 1.29 is 0 Å². The molecule has 0 heteroatoms. The van der Waals surface area contributed by atoms with E-state index in [1.807, 2.05) is 0 Å². The Morgan fingerprint density at radius 1 is 0.789 bits per heavy atom. The molecule has 19 heavy (non-hydrogen) atoms. The molecule has 1 saturated carbocycles. The summed E-state index contributed by atoms with van der Waals surface area (Å²) < 4.78 is 0. The van der Waals surface area contributed by atoms with Crippen LogP contribution in [0.25, 0.3) is 0 Å². The number of allylic oxidation sites excluding steroid dienone is 1. The van der Waals surface area contributed by atoms with Gasteiger partial charge in [0.05, 0.1) is 0 Å². The Morgan fingerprint density at radius 2 is 1.26 bits per heavy atom. The summed E-state index contributed by atoms with van der Waals surface area (Å²) in [4.78, 5) is 0. The number of rotatable bonds is 1. The first-order valence-corrected chi connectivity index (χ1v) is 8.69. The molecule has 0 spiro atoms. The zero-order valence-corrected chi connectivity index (χ0v) is 13.1. The summed E-state index contributed by atoms with van der Waals surface area (Å²) in [6.07, 6.45) is 20.8. The van der Waals surface area contributed by atoms with Gasteiger partial charge in [-0.3, -0.25) is 0 Å². The third kappa shape index (κ3) is 9.11. The fourth-order valence-electron chi connectivity index (χ4n) is 3.38. The van der Waals surface area contributed by atoms with E-state index in [1.165, 1.54) is 83.5 Å². The quantitative estimate of drug-likeness (QED) is 0.463. The summed E-state index contributed by atoms with van der Waals surface area (Å²) in [5.41, 5.74) is 3.03. The predicted octanol–water partition coefficient (Wildman–Crippen LogP) is 6.66. The minimum Gasteiger partial charge on any atom is -0.133 e. The Hall–Kier alpha value is -0.480. The largest absolute Gasteiger partial charge is 0.133 e. The molecular formula is C19H34. The molecule has 0 bridgehead atoms. The maximum Gasteiger partial charge on any atom is -0.0155 e. The molecule has 110 valence electrons. The van der Waals surface area contributed by atoms with E-state index in [-0.39, 0.29) is 0 Å². The van der Waals surface area contributed by atoms with Crippen LogP contribution in [0, 0.1) is 11.8 Å². The van der Waals surface area contributed by atoms with E-state index < -0.39 is 0 Å². The average Bonchev–Trinajstić information content (AvgIpc) is 2.40. The van der Waals surface area contributed by atoms with Crippen LogP contribution in [0.1, 0.15) is 90.4 Å². The molecular weight excluding hydrogens is 228 g/mol. The average molecular weight is 262 g/mol. The van der Waals surface area contributed by atoms with Gasteiger partial charge in [0.2, 0.25) is 0 Å². The Bertz CT molecular complexity index is 247. The summed E-state index contributed by atoms with van der Waals surface area (Å²) >= 11 is 0. The van der Waals surface area contributed by atoms with E-state index in [4.69, 9.17) is 0 Å². The fourth-order valence-corrected chi connectivity index (χ4v) is 3.38. The highest BCUT2D eigenvalue weighted by molar-refractivity contribution is 4.85. The molecule has 2 unspecified atom stereocenters. The highest BCUT2D eigenvalue weighted by Crippen LogP contribution is 2.24. The lowest BCUT2D eigenvalue weighted by Crippen LogP contribution is -2.04. The SMILES string of the molecule is C=C=CC1CCCCCCCCCCCCC(C)C1. The molecule has 1 aliphatic rings. The minimum absolute atomic E-state index is 0.734. The first kappa shape index (κ1) is 16.6. The Morgan fingerprint density at radius 3 is 1.79 bits per heavy atom. The molecule has 1 aliphatic carbocycles. The summed E-state index contributed by atoms with van der Waals surface area (Å²) in [6, 6.07) is 0. The fraction of sp³-hybridized carbons (Fsp3) is 0.842. The van der Waals surface area contributed by atoms with E-state index >= 15 is 0 Å². The van der Waals surface area contributed by atoms with Gasteiger partial charge >= 0.3 is 0 Å². The lowest BCUT2D eigenvalue weighted by molar-refractivity contribution is 0.383. The monoisotopic (exact) mass is 262 g/mol. The van der Waals surface area contributed by atoms with Gasteiger partial charge in [-0.15, -0.1) is 5.73 Å². The second kappa shape index (κ2) is 11.4. The van der Waals surface area contributed by atoms with Crippen LogP contribution in [-0.4, -0.2) is 0 Å². The van der Waals surface area contributed by atoms with Crippen molar-refractivity contribution in [2.45, 2.75) is 90.4 Å². The zero-order valence-electron chi connectivity index (χ0n) is 13.1. The lowest BCUT2D eigenvalue weighted by Gasteiger charge is -2.17. The van der Waals surface area contributed by atoms with Crippen molar-refractivity contribution in [3.63, 3.8) is 0 Å².